The summed E-state index contributed by atoms with van der Waals surface area (Å²) in [6, 6.07) is 17.4. The van der Waals surface area contributed by atoms with E-state index < -0.39 is 10.7 Å². The van der Waals surface area contributed by atoms with Gasteiger partial charge in [0, 0.05) is 42.7 Å². The van der Waals surface area contributed by atoms with Gasteiger partial charge in [0.2, 0.25) is 5.91 Å². The van der Waals surface area contributed by atoms with E-state index in [9.17, 15) is 19.3 Å². The number of anilines is 1. The molecular weight excluding hydrogens is 559 g/mol. The number of halogens is 1. The molecule has 1 aliphatic heterocycles. The van der Waals surface area contributed by atoms with E-state index in [2.05, 4.69) is 15.6 Å². The molecule has 0 radical (unpaired) electrons. The van der Waals surface area contributed by atoms with Gasteiger partial charge in [0.1, 0.15) is 11.6 Å². The van der Waals surface area contributed by atoms with E-state index in [1.165, 1.54) is 31.4 Å². The van der Waals surface area contributed by atoms with E-state index in [1.54, 1.807) is 24.4 Å². The van der Waals surface area contributed by atoms with Gasteiger partial charge < -0.3 is 24.8 Å². The molecule has 12 heteroatoms. The highest BCUT2D eigenvalue weighted by Crippen LogP contribution is 2.42. The summed E-state index contributed by atoms with van der Waals surface area (Å²) in [4.78, 5) is 30.5. The van der Waals surface area contributed by atoms with Crippen molar-refractivity contribution in [2.75, 3.05) is 19.0 Å². The number of non-ortho nitro benzene ring substituents is 1. The smallest absolute Gasteiger partial charge is 0.271 e. The summed E-state index contributed by atoms with van der Waals surface area (Å²) < 4.78 is 21.6. The summed E-state index contributed by atoms with van der Waals surface area (Å²) in [7, 11) is 1.52. The van der Waals surface area contributed by atoms with Crippen molar-refractivity contribution in [3.8, 4) is 11.4 Å². The van der Waals surface area contributed by atoms with Gasteiger partial charge in [-0.3, -0.25) is 19.9 Å². The molecule has 1 fully saturated rings. The van der Waals surface area contributed by atoms with Gasteiger partial charge in [0.05, 0.1) is 41.2 Å². The van der Waals surface area contributed by atoms with Crippen LogP contribution >= 0.6 is 12.2 Å². The molecule has 0 aliphatic carbocycles. The molecule has 10 nitrogen and oxygen atoms in total. The van der Waals surface area contributed by atoms with Gasteiger partial charge in [-0.1, -0.05) is 18.2 Å². The van der Waals surface area contributed by atoms with E-state index in [-0.39, 0.29) is 42.3 Å². The number of rotatable bonds is 9. The molecule has 1 saturated heterocycles. The molecule has 0 saturated carbocycles. The third kappa shape index (κ3) is 5.53. The Labute approximate surface area is 247 Å². The first-order valence-corrected chi connectivity index (χ1v) is 13.6. The number of nitro groups is 1. The number of nitrogens with zero attached hydrogens (tertiary/aromatic N) is 4. The van der Waals surface area contributed by atoms with Gasteiger partial charge in [-0.25, -0.2) is 4.39 Å². The molecule has 5 rings (SSSR count). The third-order valence-electron chi connectivity index (χ3n) is 7.33. The Balaban J connectivity index is 1.53. The summed E-state index contributed by atoms with van der Waals surface area (Å²) in [5.74, 6) is -0.381. The molecular formula is C30H29FN6O4S. The van der Waals surface area contributed by atoms with Crippen LogP contribution in [0.25, 0.3) is 5.69 Å². The Hall–Kier alpha value is -4.84. The number of methoxy groups -OCH3 is 1. The second kappa shape index (κ2) is 12.0. The molecule has 1 aliphatic rings. The fourth-order valence-electron chi connectivity index (χ4n) is 5.41. The highest BCUT2D eigenvalue weighted by Gasteiger charge is 2.41. The first-order chi connectivity index (χ1) is 20.2. The first kappa shape index (κ1) is 28.7. The van der Waals surface area contributed by atoms with Crippen molar-refractivity contribution in [2.45, 2.75) is 32.4 Å². The molecule has 2 aromatic heterocycles. The standard InChI is InChI=1S/C30H29FN6O4S/c1-18-16-21(19(2)36(18)25-17-20(37(39)40)11-12-26(25)41-3)29-28(24-10-6-7-14-32-24)34-30(42)35(29)15-13-27(38)33-23-9-5-4-8-22(23)31/h4-12,14,16-17,28-29H,13,15H2,1-3H3,(H,33,38)(H,34,42)/t28-,29-/m0/s1. The molecule has 1 amide bonds. The number of carbonyl (C=O) groups excluding carboxylic acids is 1. The Morgan fingerprint density at radius 3 is 2.62 bits per heavy atom. The average Bonchev–Trinajstić information content (AvgIpc) is 3.47. The zero-order chi connectivity index (χ0) is 30.0. The van der Waals surface area contributed by atoms with Crippen LogP contribution in [-0.2, 0) is 4.79 Å². The molecule has 216 valence electrons. The molecule has 0 bridgehead atoms. The maximum atomic E-state index is 14.1. The Kier molecular flexibility index (Phi) is 8.16. The third-order valence-corrected chi connectivity index (χ3v) is 7.68. The van der Waals surface area contributed by atoms with Crippen molar-refractivity contribution in [1.82, 2.24) is 19.8 Å². The second-order valence-electron chi connectivity index (χ2n) is 9.87. The fraction of sp³-hybridized carbons (Fsp3) is 0.233. The number of nitro benzene ring substituents is 1. The molecule has 0 unspecified atom stereocenters. The van der Waals surface area contributed by atoms with Crippen LogP contribution in [0.4, 0.5) is 15.8 Å². The van der Waals surface area contributed by atoms with Crippen molar-refractivity contribution in [1.29, 1.82) is 0 Å². The van der Waals surface area contributed by atoms with Crippen molar-refractivity contribution >= 4 is 34.6 Å². The molecule has 42 heavy (non-hydrogen) atoms. The van der Waals surface area contributed by atoms with Crippen LogP contribution in [0.3, 0.4) is 0 Å². The van der Waals surface area contributed by atoms with Crippen molar-refractivity contribution in [2.24, 2.45) is 0 Å². The summed E-state index contributed by atoms with van der Waals surface area (Å²) in [6.45, 7) is 4.10. The molecule has 2 N–H and O–H groups in total. The van der Waals surface area contributed by atoms with Gasteiger partial charge in [-0.15, -0.1) is 0 Å². The zero-order valence-electron chi connectivity index (χ0n) is 23.2. The lowest BCUT2D eigenvalue weighted by Crippen LogP contribution is -2.33. The number of thiocarbonyl (C=S) groups is 1. The van der Waals surface area contributed by atoms with Crippen LogP contribution in [0, 0.1) is 29.8 Å². The maximum absolute atomic E-state index is 14.1. The topological polar surface area (TPSA) is 115 Å². The lowest BCUT2D eigenvalue weighted by Gasteiger charge is -2.28. The predicted molar refractivity (Wildman–Crippen MR) is 160 cm³/mol. The van der Waals surface area contributed by atoms with Gasteiger partial charge in [0.15, 0.2) is 5.11 Å². The molecule has 0 spiro atoms. The quantitative estimate of drug-likeness (QED) is 0.149. The van der Waals surface area contributed by atoms with Crippen LogP contribution in [0.5, 0.6) is 5.75 Å². The van der Waals surface area contributed by atoms with Gasteiger partial charge in [-0.2, -0.15) is 0 Å². The number of ether oxygens (including phenoxy) is 1. The number of nitrogens with one attached hydrogen (secondary N) is 2. The Bertz CT molecular complexity index is 1660. The van der Waals surface area contributed by atoms with Gasteiger partial charge in [0.25, 0.3) is 5.69 Å². The Morgan fingerprint density at radius 2 is 1.93 bits per heavy atom. The number of aromatic nitrogens is 2. The van der Waals surface area contributed by atoms with Gasteiger partial charge >= 0.3 is 0 Å². The summed E-state index contributed by atoms with van der Waals surface area (Å²) >= 11 is 5.75. The van der Waals surface area contributed by atoms with Crippen LogP contribution in [0.2, 0.25) is 0 Å². The molecule has 2 aromatic carbocycles. The number of benzene rings is 2. The van der Waals surface area contributed by atoms with E-state index >= 15 is 0 Å². The van der Waals surface area contributed by atoms with Gasteiger partial charge in [-0.05, 0) is 68.0 Å². The van der Waals surface area contributed by atoms with Crippen LogP contribution in [0.1, 0.15) is 41.1 Å². The first-order valence-electron chi connectivity index (χ1n) is 13.2. The number of hydrogen-bond donors (Lipinski definition) is 2. The summed E-state index contributed by atoms with van der Waals surface area (Å²) in [5.41, 5.74) is 3.91. The number of amides is 1. The Morgan fingerprint density at radius 1 is 1.17 bits per heavy atom. The normalized spacial score (nSPS) is 16.3. The van der Waals surface area contributed by atoms with E-state index in [4.69, 9.17) is 17.0 Å². The predicted octanol–water partition coefficient (Wildman–Crippen LogP) is 5.55. The summed E-state index contributed by atoms with van der Waals surface area (Å²) in [6.07, 6.45) is 1.76. The van der Waals surface area contributed by atoms with E-state index in [0.717, 1.165) is 22.6 Å². The largest absolute Gasteiger partial charge is 0.495 e. The van der Waals surface area contributed by atoms with Crippen LogP contribution in [-0.4, -0.2) is 44.0 Å². The van der Waals surface area contributed by atoms with Crippen molar-refractivity contribution in [3.05, 3.63) is 112 Å². The molecule has 2 atom stereocenters. The minimum atomic E-state index is -0.513. The minimum absolute atomic E-state index is 0.0546. The lowest BCUT2D eigenvalue weighted by molar-refractivity contribution is -0.384. The van der Waals surface area contributed by atoms with Crippen LogP contribution in [0.15, 0.2) is 72.9 Å². The maximum Gasteiger partial charge on any atom is 0.271 e. The lowest BCUT2D eigenvalue weighted by atomic mass is 9.96. The zero-order valence-corrected chi connectivity index (χ0v) is 24.0. The fourth-order valence-corrected chi connectivity index (χ4v) is 5.74. The van der Waals surface area contributed by atoms with E-state index in [0.29, 0.717) is 16.5 Å². The summed E-state index contributed by atoms with van der Waals surface area (Å²) in [5, 5.41) is 18.0. The highest BCUT2D eigenvalue weighted by atomic mass is 32.1. The second-order valence-corrected chi connectivity index (χ2v) is 10.3. The van der Waals surface area contributed by atoms with Crippen molar-refractivity contribution < 1.29 is 18.8 Å². The monoisotopic (exact) mass is 588 g/mol. The SMILES string of the molecule is COc1ccc([N+](=O)[O-])cc1-n1c(C)cc([C@H]2[C@H](c3ccccn3)NC(=S)N2CCC(=O)Nc2ccccc2F)c1C. The highest BCUT2D eigenvalue weighted by molar-refractivity contribution is 7.80. The van der Waals surface area contributed by atoms with E-state index in [1.807, 2.05) is 47.6 Å². The van der Waals surface area contributed by atoms with Crippen LogP contribution < -0.4 is 15.4 Å². The number of pyridine rings is 1. The number of aryl methyl sites for hydroxylation is 1. The minimum Gasteiger partial charge on any atom is -0.495 e. The number of hydrogen-bond acceptors (Lipinski definition) is 6. The number of para-hydroxylation sites is 1. The number of carbonyl (C=O) groups is 1. The van der Waals surface area contributed by atoms with Crippen molar-refractivity contribution in [3.63, 3.8) is 0 Å². The average molecular weight is 589 g/mol. The molecule has 4 aromatic rings. The molecule has 3 heterocycles.